The van der Waals surface area contributed by atoms with Crippen molar-refractivity contribution in [3.8, 4) is 6.07 Å². The lowest BCUT2D eigenvalue weighted by Crippen LogP contribution is -1.86. The Hall–Kier alpha value is -1.50. The third kappa shape index (κ3) is 0.995. The minimum Gasteiger partial charge on any atom is -0.367 e. The molecule has 1 aromatic rings. The van der Waals surface area contributed by atoms with Crippen molar-refractivity contribution in [2.24, 2.45) is 0 Å². The van der Waals surface area contributed by atoms with Gasteiger partial charge in [0.05, 0.1) is 24.3 Å². The molecule has 0 bridgehead atoms. The van der Waals surface area contributed by atoms with Gasteiger partial charge < -0.3 is 10.3 Å². The van der Waals surface area contributed by atoms with Gasteiger partial charge in [-0.2, -0.15) is 5.26 Å². The third-order valence-electron chi connectivity index (χ3n) is 0.946. The van der Waals surface area contributed by atoms with E-state index in [1.54, 1.807) is 0 Å². The van der Waals surface area contributed by atoms with E-state index in [0.717, 1.165) is 0 Å². The highest BCUT2D eigenvalue weighted by Gasteiger charge is 2.00. The van der Waals surface area contributed by atoms with Gasteiger partial charge in [-0.25, -0.2) is 0 Å². The summed E-state index contributed by atoms with van der Waals surface area (Å²) in [5.41, 5.74) is 5.90. The third-order valence-corrected chi connectivity index (χ3v) is 0.946. The van der Waals surface area contributed by atoms with Gasteiger partial charge in [-0.05, 0) is 0 Å². The van der Waals surface area contributed by atoms with Crippen LogP contribution in [0.2, 0.25) is 0 Å². The highest BCUT2D eigenvalue weighted by molar-refractivity contribution is 5.34. The maximum Gasteiger partial charge on any atom is 0.226 e. The molecule has 4 heteroatoms. The maximum absolute atomic E-state index is 8.19. The van der Waals surface area contributed by atoms with Gasteiger partial charge in [-0.15, -0.1) is 0 Å². The second-order valence-electron chi connectivity index (χ2n) is 1.55. The molecule has 9 heavy (non-hydrogen) atoms. The Kier molecular flexibility index (Phi) is 1.36. The van der Waals surface area contributed by atoms with Gasteiger partial charge in [0.1, 0.15) is 0 Å². The fraction of sp³-hybridized carbons (Fsp3) is 0.200. The van der Waals surface area contributed by atoms with Crippen LogP contribution in [-0.4, -0.2) is 5.16 Å². The first-order valence-electron chi connectivity index (χ1n) is 2.40. The number of nitrogen functional groups attached to an aromatic ring is 1. The van der Waals surface area contributed by atoms with Gasteiger partial charge >= 0.3 is 0 Å². The molecule has 0 aliphatic rings. The largest absolute Gasteiger partial charge is 0.367 e. The van der Waals surface area contributed by atoms with Crippen molar-refractivity contribution in [1.29, 1.82) is 5.26 Å². The predicted molar refractivity (Wildman–Crippen MR) is 30.2 cm³/mol. The molecule has 0 aromatic carbocycles. The smallest absolute Gasteiger partial charge is 0.226 e. The molecule has 0 unspecified atom stereocenters. The van der Waals surface area contributed by atoms with Gasteiger partial charge in [-0.1, -0.05) is 5.16 Å². The van der Waals surface area contributed by atoms with E-state index in [4.69, 9.17) is 11.0 Å². The molecular weight excluding hydrogens is 118 g/mol. The van der Waals surface area contributed by atoms with Crippen LogP contribution in [0.1, 0.15) is 5.56 Å². The molecule has 0 saturated carbocycles. The van der Waals surface area contributed by atoms with Crippen LogP contribution in [0.4, 0.5) is 5.88 Å². The highest BCUT2D eigenvalue weighted by atomic mass is 16.5. The molecule has 2 N–H and O–H groups in total. The van der Waals surface area contributed by atoms with Crippen LogP contribution in [0, 0.1) is 11.3 Å². The molecule has 0 fully saturated rings. The van der Waals surface area contributed by atoms with E-state index in [0.29, 0.717) is 5.56 Å². The van der Waals surface area contributed by atoms with Crippen molar-refractivity contribution in [3.05, 3.63) is 11.8 Å². The van der Waals surface area contributed by atoms with Crippen LogP contribution in [-0.2, 0) is 6.42 Å². The van der Waals surface area contributed by atoms with Crippen LogP contribution >= 0.6 is 0 Å². The van der Waals surface area contributed by atoms with Gasteiger partial charge in [0, 0.05) is 0 Å². The second-order valence-corrected chi connectivity index (χ2v) is 1.55. The summed E-state index contributed by atoms with van der Waals surface area (Å²) < 4.78 is 4.49. The van der Waals surface area contributed by atoms with Crippen LogP contribution in [0.3, 0.4) is 0 Å². The minimum atomic E-state index is 0.233. The summed E-state index contributed by atoms with van der Waals surface area (Å²) in [4.78, 5) is 0. The molecule has 1 aromatic heterocycles. The van der Waals surface area contributed by atoms with Crippen LogP contribution in [0.15, 0.2) is 10.7 Å². The van der Waals surface area contributed by atoms with Crippen LogP contribution in [0.25, 0.3) is 0 Å². The number of hydrogen-bond acceptors (Lipinski definition) is 4. The van der Waals surface area contributed by atoms with Crippen molar-refractivity contribution in [2.75, 3.05) is 5.73 Å². The molecule has 46 valence electrons. The van der Waals surface area contributed by atoms with Gasteiger partial charge in [-0.3, -0.25) is 0 Å². The Morgan fingerprint density at radius 3 is 3.11 bits per heavy atom. The van der Waals surface area contributed by atoms with E-state index in [9.17, 15) is 0 Å². The summed E-state index contributed by atoms with van der Waals surface area (Å²) in [6, 6.07) is 1.93. The van der Waals surface area contributed by atoms with Gasteiger partial charge in [0.15, 0.2) is 0 Å². The Morgan fingerprint density at radius 1 is 1.89 bits per heavy atom. The molecule has 0 atom stereocenters. The Labute approximate surface area is 51.9 Å². The van der Waals surface area contributed by atoms with E-state index in [1.807, 2.05) is 6.07 Å². The fourth-order valence-electron chi connectivity index (χ4n) is 0.487. The topological polar surface area (TPSA) is 75.8 Å². The maximum atomic E-state index is 8.19. The number of hydrogen-bond donors (Lipinski definition) is 1. The first-order valence-corrected chi connectivity index (χ1v) is 2.40. The number of rotatable bonds is 1. The minimum absolute atomic E-state index is 0.233. The van der Waals surface area contributed by atoms with E-state index >= 15 is 0 Å². The van der Waals surface area contributed by atoms with Crippen molar-refractivity contribution in [3.63, 3.8) is 0 Å². The predicted octanol–water partition coefficient (Wildman–Crippen LogP) is 0.323. The summed E-state index contributed by atoms with van der Waals surface area (Å²) >= 11 is 0. The molecule has 0 radical (unpaired) electrons. The summed E-state index contributed by atoms with van der Waals surface area (Å²) in [5, 5.41) is 11.6. The lowest BCUT2D eigenvalue weighted by molar-refractivity contribution is 0.436. The summed E-state index contributed by atoms with van der Waals surface area (Å²) in [7, 11) is 0. The fourth-order valence-corrected chi connectivity index (χ4v) is 0.487. The van der Waals surface area contributed by atoms with E-state index in [2.05, 4.69) is 9.68 Å². The first kappa shape index (κ1) is 5.63. The van der Waals surface area contributed by atoms with E-state index < -0.39 is 0 Å². The van der Waals surface area contributed by atoms with Gasteiger partial charge in [0.25, 0.3) is 0 Å². The molecule has 0 saturated heterocycles. The molecule has 1 rings (SSSR count). The number of aromatic nitrogens is 1. The molecule has 1 heterocycles. The monoisotopic (exact) mass is 123 g/mol. The summed E-state index contributed by atoms with van der Waals surface area (Å²) in [6.07, 6.45) is 1.70. The normalized spacial score (nSPS) is 8.78. The van der Waals surface area contributed by atoms with Crippen molar-refractivity contribution >= 4 is 5.88 Å². The van der Waals surface area contributed by atoms with Crippen molar-refractivity contribution in [2.45, 2.75) is 6.42 Å². The average Bonchev–Trinajstić information content (AvgIpc) is 2.18. The molecule has 0 spiro atoms. The van der Waals surface area contributed by atoms with Crippen LogP contribution in [0.5, 0.6) is 0 Å². The molecule has 4 nitrogen and oxygen atoms in total. The second kappa shape index (κ2) is 2.18. The van der Waals surface area contributed by atoms with E-state index in [-0.39, 0.29) is 12.3 Å². The first-order chi connectivity index (χ1) is 4.34. The quantitative estimate of drug-likeness (QED) is 0.583. The Morgan fingerprint density at radius 2 is 2.67 bits per heavy atom. The Balaban J connectivity index is 2.84. The zero-order chi connectivity index (χ0) is 6.69. The zero-order valence-corrected chi connectivity index (χ0v) is 4.66. The van der Waals surface area contributed by atoms with Gasteiger partial charge in [0.2, 0.25) is 5.88 Å². The van der Waals surface area contributed by atoms with Crippen LogP contribution < -0.4 is 5.73 Å². The number of nitrogens with two attached hydrogens (primary N) is 1. The summed E-state index contributed by atoms with van der Waals surface area (Å²) in [5.74, 6) is 0.233. The Bertz CT molecular complexity index is 235. The number of nitriles is 1. The summed E-state index contributed by atoms with van der Waals surface area (Å²) in [6.45, 7) is 0. The lowest BCUT2D eigenvalue weighted by Gasteiger charge is -1.82. The zero-order valence-electron chi connectivity index (χ0n) is 4.66. The standard InChI is InChI=1S/C5H5N3O/c6-2-1-4-3-8-9-5(4)7/h3H,1,7H2. The molecule has 0 amide bonds. The van der Waals surface area contributed by atoms with Crippen molar-refractivity contribution in [1.82, 2.24) is 5.16 Å². The SMILES string of the molecule is N#CCc1cnoc1N. The molecule has 0 aliphatic carbocycles. The highest BCUT2D eigenvalue weighted by Crippen LogP contribution is 2.08. The number of nitrogens with zero attached hydrogens (tertiary/aromatic N) is 2. The molecular formula is C5H5N3O. The molecule has 0 aliphatic heterocycles. The van der Waals surface area contributed by atoms with Crippen molar-refractivity contribution < 1.29 is 4.52 Å². The average molecular weight is 123 g/mol. The lowest BCUT2D eigenvalue weighted by atomic mass is 10.3. The number of anilines is 1. The van der Waals surface area contributed by atoms with E-state index in [1.165, 1.54) is 6.20 Å².